The largest absolute Gasteiger partial charge is 0.507 e. The number of nitrogens with one attached hydrogen (secondary N) is 1. The minimum absolute atomic E-state index is 0.0277. The van der Waals surface area contributed by atoms with Crippen molar-refractivity contribution in [1.82, 2.24) is 5.32 Å². The van der Waals surface area contributed by atoms with E-state index in [0.717, 1.165) is 25.7 Å². The number of hydrogen-bond donors (Lipinski definition) is 3. The van der Waals surface area contributed by atoms with Crippen molar-refractivity contribution in [3.8, 4) is 5.75 Å². The molecule has 150 valence electrons. The second-order valence-corrected chi connectivity index (χ2v) is 6.62. The van der Waals surface area contributed by atoms with Crippen LogP contribution < -0.4 is 11.1 Å². The lowest BCUT2D eigenvalue weighted by molar-refractivity contribution is -0.144. The smallest absolute Gasteiger partial charge is 0.306 e. The third-order valence-electron chi connectivity index (χ3n) is 4.56. The molecule has 1 aromatic carbocycles. The molecule has 0 aliphatic heterocycles. The van der Waals surface area contributed by atoms with E-state index in [1.165, 1.54) is 18.2 Å². The van der Waals surface area contributed by atoms with E-state index in [1.54, 1.807) is 0 Å². The molecule has 2 atom stereocenters. The molecule has 28 heavy (non-hydrogen) atoms. The minimum Gasteiger partial charge on any atom is -0.507 e. The highest BCUT2D eigenvalue weighted by Crippen LogP contribution is 2.24. The predicted octanol–water partition coefficient (Wildman–Crippen LogP) is 3.07. The van der Waals surface area contributed by atoms with Crippen LogP contribution in [0.1, 0.15) is 42.5 Å². The number of carbonyl (C=O) groups is 2. The fourth-order valence-corrected chi connectivity index (χ4v) is 3.03. The van der Waals surface area contributed by atoms with E-state index in [4.69, 9.17) is 16.0 Å². The van der Waals surface area contributed by atoms with Crippen molar-refractivity contribution in [2.75, 3.05) is 13.2 Å². The van der Waals surface area contributed by atoms with Crippen LogP contribution in [0.3, 0.4) is 0 Å². The van der Waals surface area contributed by atoms with Crippen LogP contribution >= 0.6 is 0 Å². The Hall–Kier alpha value is -3.03. The van der Waals surface area contributed by atoms with Crippen LogP contribution in [-0.4, -0.2) is 36.2 Å². The zero-order chi connectivity index (χ0) is 20.4. The van der Waals surface area contributed by atoms with Gasteiger partial charge in [0.05, 0.1) is 18.5 Å². The third-order valence-corrected chi connectivity index (χ3v) is 4.56. The number of hydrogen-bond acceptors (Lipinski definition) is 6. The quantitative estimate of drug-likeness (QED) is 0.164. The van der Waals surface area contributed by atoms with E-state index >= 15 is 0 Å². The Labute approximate surface area is 163 Å². The van der Waals surface area contributed by atoms with Crippen molar-refractivity contribution in [2.24, 2.45) is 16.8 Å². The number of aromatic hydroxyl groups is 1. The first-order valence-corrected chi connectivity index (χ1v) is 9.25. The van der Waals surface area contributed by atoms with E-state index in [-0.39, 0.29) is 54.5 Å². The van der Waals surface area contributed by atoms with Crippen molar-refractivity contribution in [3.05, 3.63) is 46.4 Å². The van der Waals surface area contributed by atoms with E-state index in [1.807, 2.05) is 6.08 Å². The molecule has 0 bridgehead atoms. The zero-order valence-electron chi connectivity index (χ0n) is 15.6. The molecular formula is C19H25N5O4. The van der Waals surface area contributed by atoms with Gasteiger partial charge in [-0.1, -0.05) is 29.8 Å². The number of phenols is 1. The van der Waals surface area contributed by atoms with Crippen LogP contribution in [0.2, 0.25) is 0 Å². The summed E-state index contributed by atoms with van der Waals surface area (Å²) in [6.45, 7) is 0.138. The van der Waals surface area contributed by atoms with Gasteiger partial charge < -0.3 is 20.9 Å². The van der Waals surface area contributed by atoms with Crippen LogP contribution in [-0.2, 0) is 9.53 Å². The first-order valence-electron chi connectivity index (χ1n) is 9.25. The maximum absolute atomic E-state index is 12.1. The van der Waals surface area contributed by atoms with Gasteiger partial charge in [-0.3, -0.25) is 9.59 Å². The standard InChI is InChI=1S/C19H25N5O4/c20-16-6-4-2-1-3-5-13(16)11-18(26)28-10-9-22-19(27)15-8-7-14(23-24-21)12-17(15)25/h4,6-8,12-13,16,25H,1-3,5,9-11,20H2,(H,22,27)/b6-4+/t13-,16+/m0/s1. The first-order chi connectivity index (χ1) is 13.5. The van der Waals surface area contributed by atoms with Gasteiger partial charge in [-0.2, -0.15) is 0 Å². The minimum atomic E-state index is -0.520. The zero-order valence-corrected chi connectivity index (χ0v) is 15.6. The molecule has 0 heterocycles. The number of phenolic OH excluding ortho intramolecular Hbond substituents is 1. The Balaban J connectivity index is 1.75. The van der Waals surface area contributed by atoms with Crippen molar-refractivity contribution < 1.29 is 19.4 Å². The predicted molar refractivity (Wildman–Crippen MR) is 104 cm³/mol. The van der Waals surface area contributed by atoms with Gasteiger partial charge in [0.25, 0.3) is 5.91 Å². The number of ether oxygens (including phenoxy) is 1. The summed E-state index contributed by atoms with van der Waals surface area (Å²) in [5.41, 5.74) is 14.7. The van der Waals surface area contributed by atoms with Crippen molar-refractivity contribution in [2.45, 2.75) is 38.1 Å². The average Bonchev–Trinajstić information content (AvgIpc) is 2.65. The van der Waals surface area contributed by atoms with Crippen molar-refractivity contribution in [1.29, 1.82) is 0 Å². The lowest BCUT2D eigenvalue weighted by Crippen LogP contribution is -2.32. The number of esters is 1. The highest BCUT2D eigenvalue weighted by molar-refractivity contribution is 5.97. The summed E-state index contributed by atoms with van der Waals surface area (Å²) in [7, 11) is 0. The van der Waals surface area contributed by atoms with Crippen molar-refractivity contribution in [3.63, 3.8) is 0 Å². The lowest BCUT2D eigenvalue weighted by atomic mass is 9.88. The Morgan fingerprint density at radius 2 is 2.21 bits per heavy atom. The average molecular weight is 387 g/mol. The maximum Gasteiger partial charge on any atom is 0.306 e. The monoisotopic (exact) mass is 387 g/mol. The number of nitrogens with zero attached hydrogens (tertiary/aromatic N) is 3. The third kappa shape index (κ3) is 6.61. The van der Waals surface area contributed by atoms with Gasteiger partial charge in [0.2, 0.25) is 0 Å². The molecule has 0 aromatic heterocycles. The number of benzene rings is 1. The maximum atomic E-state index is 12.1. The molecule has 0 spiro atoms. The topological polar surface area (TPSA) is 150 Å². The highest BCUT2D eigenvalue weighted by atomic mass is 16.5. The molecular weight excluding hydrogens is 362 g/mol. The summed E-state index contributed by atoms with van der Waals surface area (Å²) in [4.78, 5) is 26.7. The SMILES string of the molecule is [N-]=[N+]=Nc1ccc(C(=O)NCCOC(=O)C[C@@H]2CCCC/C=C/[C@H]2N)c(O)c1. The molecule has 1 amide bonds. The number of nitrogens with two attached hydrogens (primary N) is 1. The Morgan fingerprint density at radius 3 is 2.96 bits per heavy atom. The number of rotatable bonds is 7. The van der Waals surface area contributed by atoms with E-state index in [2.05, 4.69) is 21.4 Å². The summed E-state index contributed by atoms with van der Waals surface area (Å²) >= 11 is 0. The molecule has 4 N–H and O–H groups in total. The van der Waals surface area contributed by atoms with E-state index in [0.29, 0.717) is 0 Å². The van der Waals surface area contributed by atoms with E-state index in [9.17, 15) is 14.7 Å². The second kappa shape index (κ2) is 11.0. The molecule has 0 radical (unpaired) electrons. The van der Waals surface area contributed by atoms with Gasteiger partial charge >= 0.3 is 5.97 Å². The number of azide groups is 1. The summed E-state index contributed by atoms with van der Waals surface area (Å²) in [6, 6.07) is 3.82. The molecule has 1 aliphatic carbocycles. The summed E-state index contributed by atoms with van der Waals surface area (Å²) < 4.78 is 5.18. The van der Waals surface area contributed by atoms with Gasteiger partial charge in [0.1, 0.15) is 12.4 Å². The van der Waals surface area contributed by atoms with Crippen LogP contribution in [0.25, 0.3) is 10.4 Å². The summed E-state index contributed by atoms with van der Waals surface area (Å²) in [5, 5.41) is 15.7. The molecule has 0 fully saturated rings. The Bertz CT molecular complexity index is 774. The highest BCUT2D eigenvalue weighted by Gasteiger charge is 2.21. The second-order valence-electron chi connectivity index (χ2n) is 6.62. The van der Waals surface area contributed by atoms with Gasteiger partial charge in [0, 0.05) is 16.6 Å². The molecule has 0 saturated carbocycles. The Morgan fingerprint density at radius 1 is 1.39 bits per heavy atom. The molecule has 9 nitrogen and oxygen atoms in total. The molecule has 1 aromatic rings. The van der Waals surface area contributed by atoms with Crippen LogP contribution in [0.5, 0.6) is 5.75 Å². The summed E-state index contributed by atoms with van der Waals surface area (Å²) in [5.74, 6) is -1.10. The van der Waals surface area contributed by atoms with Crippen LogP contribution in [0.15, 0.2) is 35.5 Å². The van der Waals surface area contributed by atoms with Gasteiger partial charge in [-0.25, -0.2) is 0 Å². The molecule has 0 unspecified atom stereocenters. The van der Waals surface area contributed by atoms with Crippen LogP contribution in [0.4, 0.5) is 5.69 Å². The first kappa shape index (κ1) is 21.3. The van der Waals surface area contributed by atoms with Gasteiger partial charge in [-0.05, 0) is 42.8 Å². The Kier molecular flexibility index (Phi) is 8.33. The fourth-order valence-electron chi connectivity index (χ4n) is 3.03. The normalized spacial score (nSPS) is 20.2. The summed E-state index contributed by atoms with van der Waals surface area (Å²) in [6.07, 6.45) is 8.31. The lowest BCUT2D eigenvalue weighted by Gasteiger charge is -2.22. The number of carbonyl (C=O) groups excluding carboxylic acids is 2. The molecule has 9 heteroatoms. The molecule has 1 aliphatic rings. The van der Waals surface area contributed by atoms with Crippen molar-refractivity contribution >= 4 is 17.6 Å². The van der Waals surface area contributed by atoms with Crippen LogP contribution in [0, 0.1) is 5.92 Å². The molecule has 2 rings (SSSR count). The van der Waals surface area contributed by atoms with Gasteiger partial charge in [-0.15, -0.1) is 0 Å². The number of amides is 1. The number of allylic oxidation sites excluding steroid dienone is 1. The fraction of sp³-hybridized carbons (Fsp3) is 0.474. The molecule has 0 saturated heterocycles. The van der Waals surface area contributed by atoms with E-state index < -0.39 is 5.91 Å². The van der Waals surface area contributed by atoms with Gasteiger partial charge in [0.15, 0.2) is 0 Å².